The Morgan fingerprint density at radius 1 is 0.981 bits per heavy atom. The molecule has 0 aromatic carbocycles. The van der Waals surface area contributed by atoms with Crippen molar-refractivity contribution in [3.8, 4) is 0 Å². The van der Waals surface area contributed by atoms with Crippen LogP contribution in [0.5, 0.6) is 0 Å². The van der Waals surface area contributed by atoms with E-state index in [2.05, 4.69) is 10.3 Å². The molecule has 0 bridgehead atoms. The third-order valence-electron chi connectivity index (χ3n) is 8.55. The van der Waals surface area contributed by atoms with Crippen molar-refractivity contribution >= 4 is 17.8 Å². The summed E-state index contributed by atoms with van der Waals surface area (Å²) in [5.41, 5.74) is 5.38. The number of aliphatic carboxylic acids is 1. The molecule has 24 heteroatoms. The third kappa shape index (κ3) is 12.1. The Hall–Kier alpha value is -1.27. The number of hydrogen-bond donors (Lipinski definition) is 12. The van der Waals surface area contributed by atoms with Crippen molar-refractivity contribution in [2.75, 3.05) is 46.2 Å². The predicted octanol–water partition coefficient (Wildman–Crippen LogP) is -11.4. The summed E-state index contributed by atoms with van der Waals surface area (Å²) < 4.78 is 38.9. The zero-order valence-electron chi connectivity index (χ0n) is 29.4. The summed E-state index contributed by atoms with van der Waals surface area (Å²) in [5, 5.41) is 119. The van der Waals surface area contributed by atoms with Gasteiger partial charge in [0.05, 0.1) is 45.7 Å². The second kappa shape index (κ2) is 21.9. The quantitative estimate of drug-likeness (QED) is 0.0266. The van der Waals surface area contributed by atoms with Crippen molar-refractivity contribution in [3.63, 3.8) is 0 Å². The Labute approximate surface area is 325 Å². The fourth-order valence-corrected chi connectivity index (χ4v) is 5.93. The average molecular weight is 784 g/mol. The first-order valence-corrected chi connectivity index (χ1v) is 16.4. The van der Waals surface area contributed by atoms with Crippen LogP contribution in [0.25, 0.3) is 0 Å². The van der Waals surface area contributed by atoms with Gasteiger partial charge in [-0.05, 0) is 12.8 Å². The number of hydrogen-bond acceptors (Lipinski definition) is 21. The second-order valence-corrected chi connectivity index (χ2v) is 12.4. The van der Waals surface area contributed by atoms with E-state index >= 15 is 0 Å². The molecular weight excluding hydrogens is 733 g/mol. The van der Waals surface area contributed by atoms with Crippen molar-refractivity contribution < 1.29 is 128 Å². The van der Waals surface area contributed by atoms with Crippen LogP contribution in [0, 0.1) is 0 Å². The van der Waals surface area contributed by atoms with E-state index in [0.29, 0.717) is 0 Å². The zero-order chi connectivity index (χ0) is 38.9. The number of amides is 1. The van der Waals surface area contributed by atoms with E-state index in [1.165, 1.54) is 0 Å². The fraction of sp³-hybridized carbons (Fsp3) is 0.897. The Kier molecular flexibility index (Phi) is 19.8. The number of ether oxygens (including phenoxy) is 7. The molecule has 3 aliphatic rings. The third-order valence-corrected chi connectivity index (χ3v) is 8.55. The first kappa shape index (κ1) is 47.9. The number of carboxylic acids is 1. The van der Waals surface area contributed by atoms with Crippen LogP contribution in [-0.2, 0) is 42.7 Å². The molecule has 0 saturated carbocycles. The number of nitrogens with one attached hydrogen (secondary N) is 1. The zero-order valence-corrected chi connectivity index (χ0v) is 31.4. The molecule has 0 radical (unpaired) electrons. The molecular formula is C29H50N3NaO20. The number of aliphatic hydroxyl groups excluding tert-OH is 9. The molecule has 1 amide bonds. The van der Waals surface area contributed by atoms with Gasteiger partial charge >= 0.3 is 35.5 Å². The molecule has 53 heavy (non-hydrogen) atoms. The number of rotatable bonds is 18. The van der Waals surface area contributed by atoms with Gasteiger partial charge in [0.15, 0.2) is 12.6 Å². The summed E-state index contributed by atoms with van der Waals surface area (Å²) in [6.07, 6.45) is -24.5. The topological polar surface area (TPSA) is 375 Å². The van der Waals surface area contributed by atoms with Crippen LogP contribution >= 0.6 is 0 Å². The predicted molar refractivity (Wildman–Crippen MR) is 165 cm³/mol. The van der Waals surface area contributed by atoms with Crippen LogP contribution < -0.4 is 45.7 Å². The second-order valence-electron chi connectivity index (χ2n) is 12.4. The smallest absolute Gasteiger partial charge is 0.862 e. The normalized spacial score (nSPS) is 39.1. The Bertz CT molecular complexity index is 1170. The molecule has 302 valence electrons. The van der Waals surface area contributed by atoms with Gasteiger partial charge in [-0.1, -0.05) is 0 Å². The van der Waals surface area contributed by atoms with E-state index in [1.807, 2.05) is 0 Å². The first-order valence-electron chi connectivity index (χ1n) is 16.4. The Morgan fingerprint density at radius 3 is 2.21 bits per heavy atom. The first-order chi connectivity index (χ1) is 24.5. The van der Waals surface area contributed by atoms with Gasteiger partial charge in [0.2, 0.25) is 5.91 Å². The molecule has 3 fully saturated rings. The van der Waals surface area contributed by atoms with Crippen LogP contribution in [0.4, 0.5) is 0 Å². The summed E-state index contributed by atoms with van der Waals surface area (Å²) in [5.74, 6) is -6.21. The number of carboxylic acid groups (broad SMARTS) is 1. The molecule has 3 heterocycles. The maximum Gasteiger partial charge on any atom is 1.00 e. The monoisotopic (exact) mass is 783 g/mol. The summed E-state index contributed by atoms with van der Waals surface area (Å²) in [4.78, 5) is 28.1. The van der Waals surface area contributed by atoms with Crippen LogP contribution in [0.15, 0.2) is 4.99 Å². The van der Waals surface area contributed by atoms with E-state index in [9.17, 15) is 65.8 Å². The number of aliphatic imine (C=N–C) groups is 1. The maximum absolute atomic E-state index is 12.5. The van der Waals surface area contributed by atoms with Gasteiger partial charge in [0, 0.05) is 19.9 Å². The number of nitrogens with zero attached hydrogens (tertiary/aromatic N) is 1. The molecule has 0 aliphatic carbocycles. The Morgan fingerprint density at radius 2 is 1.64 bits per heavy atom. The number of carbonyl (C=O) groups excluding carboxylic acids is 1. The summed E-state index contributed by atoms with van der Waals surface area (Å²) in [7, 11) is 0. The molecule has 3 saturated heterocycles. The van der Waals surface area contributed by atoms with Gasteiger partial charge in [-0.25, -0.2) is 4.79 Å². The van der Waals surface area contributed by atoms with Gasteiger partial charge in [-0.2, -0.15) is 0 Å². The van der Waals surface area contributed by atoms with Crippen LogP contribution in [-0.4, -0.2) is 213 Å². The van der Waals surface area contributed by atoms with E-state index in [-0.39, 0.29) is 55.9 Å². The van der Waals surface area contributed by atoms with Gasteiger partial charge in [0.25, 0.3) is 5.79 Å². The standard InChI is InChI=1S/C29H51N3O20.Na/c1-11(35)31-17-13(37)7-29(28(44)45,52-25(17)19(39)14(38)8-33)48-10-16-20(40)22(42)23(43)27(50-16)51-24-15(9-34)49-26(47-6-5-46-4-3-30)18(21(24)41)32-12(2)36;/h13-27,33-34,37-43H,3-10,30H2,1-2H3,(H,31,35)(H,32,36)(H,44,45);/q;+1/p-1/t13-,14+,15+,16+,17+,18+,19+,20-,21+,22-,23+,24+,25+,26+,27-,29+;/m0./s1. The minimum Gasteiger partial charge on any atom is -0.862 e. The molecule has 23 nitrogen and oxygen atoms in total. The van der Waals surface area contributed by atoms with Gasteiger partial charge < -0.3 is 100 Å². The molecule has 3 aliphatic heterocycles. The van der Waals surface area contributed by atoms with Crippen molar-refractivity contribution in [1.29, 1.82) is 0 Å². The summed E-state index contributed by atoms with van der Waals surface area (Å²) in [6, 6.07) is -2.93. The molecule has 0 unspecified atom stereocenters. The molecule has 0 aromatic heterocycles. The molecule has 3 rings (SSSR count). The van der Waals surface area contributed by atoms with Crippen molar-refractivity contribution in [2.45, 2.75) is 118 Å². The molecule has 0 spiro atoms. The minimum atomic E-state index is -2.87. The van der Waals surface area contributed by atoms with Gasteiger partial charge in [0.1, 0.15) is 73.1 Å². The van der Waals surface area contributed by atoms with Crippen molar-refractivity contribution in [3.05, 3.63) is 0 Å². The van der Waals surface area contributed by atoms with Crippen molar-refractivity contribution in [2.24, 2.45) is 10.7 Å². The number of carbonyl (C=O) groups is 2. The molecule has 16 atom stereocenters. The summed E-state index contributed by atoms with van der Waals surface area (Å²) >= 11 is 0. The SMILES string of the molecule is CC(=O)N[C@H]1[C@H](OCCOCCN)O[C@H](CO)[C@@H](O[C@@H]2O[C@H](CO[C@]3(C(=O)O)C[C@H](O)[C@@H](N=C(C)[O-])[C@H]([C@H](O)[C@H](O)CO)O3)[C@H](O)[C@H](O)[C@H]2O)[C@@H]1O.[Na+]. The van der Waals surface area contributed by atoms with E-state index in [0.717, 1.165) is 13.8 Å². The maximum atomic E-state index is 12.5. The number of aliphatic hydroxyl groups is 9. The van der Waals surface area contributed by atoms with Crippen LogP contribution in [0.2, 0.25) is 0 Å². The largest absolute Gasteiger partial charge is 1.00 e. The number of nitrogens with two attached hydrogens (primary N) is 1. The van der Waals surface area contributed by atoms with Crippen molar-refractivity contribution in [1.82, 2.24) is 5.32 Å². The average Bonchev–Trinajstić information content (AvgIpc) is 3.09. The van der Waals surface area contributed by atoms with Crippen LogP contribution in [0.3, 0.4) is 0 Å². The minimum absolute atomic E-state index is 0. The fourth-order valence-electron chi connectivity index (χ4n) is 5.93. The Balaban J connectivity index is 0.00000972. The van der Waals surface area contributed by atoms with Gasteiger partial charge in [-0.15, -0.1) is 0 Å². The van der Waals surface area contributed by atoms with Crippen LogP contribution in [0.1, 0.15) is 20.3 Å². The van der Waals surface area contributed by atoms with E-state index in [4.69, 9.17) is 38.9 Å². The molecule has 0 aromatic rings. The van der Waals surface area contributed by atoms with E-state index in [1.54, 1.807) is 0 Å². The van der Waals surface area contributed by atoms with Gasteiger partial charge in [-0.3, -0.25) is 9.79 Å². The summed E-state index contributed by atoms with van der Waals surface area (Å²) in [6.45, 7) is -0.165. The van der Waals surface area contributed by atoms with E-state index < -0.39 is 142 Å². The molecule has 13 N–H and O–H groups in total.